The van der Waals surface area contributed by atoms with E-state index in [1.54, 1.807) is 6.07 Å². The summed E-state index contributed by atoms with van der Waals surface area (Å²) in [5.41, 5.74) is 2.72. The number of aliphatic carboxylic acids is 2. The van der Waals surface area contributed by atoms with E-state index in [-0.39, 0.29) is 5.41 Å². The number of carboxylic acids is 2. The predicted molar refractivity (Wildman–Crippen MR) is 92.2 cm³/mol. The van der Waals surface area contributed by atoms with E-state index in [1.165, 1.54) is 11.3 Å². The lowest BCUT2D eigenvalue weighted by Gasteiger charge is -2.32. The van der Waals surface area contributed by atoms with Gasteiger partial charge in [0.1, 0.15) is 5.75 Å². The van der Waals surface area contributed by atoms with E-state index in [1.807, 2.05) is 12.1 Å². The largest absolute Gasteiger partial charge is 0.508 e. The molecule has 1 aromatic carbocycles. The van der Waals surface area contributed by atoms with Gasteiger partial charge in [-0.3, -0.25) is 4.90 Å². The Labute approximate surface area is 150 Å². The van der Waals surface area contributed by atoms with E-state index in [4.69, 9.17) is 20.4 Å². The Bertz CT molecular complexity index is 692. The first kappa shape index (κ1) is 20.0. The van der Waals surface area contributed by atoms with Gasteiger partial charge in [-0.1, -0.05) is 6.92 Å². The minimum atomic E-state index is -2.27. The lowest BCUT2D eigenvalue weighted by molar-refractivity contribution is -0.165. The van der Waals surface area contributed by atoms with Crippen LogP contribution in [0.5, 0.6) is 5.75 Å². The number of phenols is 1. The molecule has 0 aromatic heterocycles. The predicted octanol–water partition coefficient (Wildman–Crippen LogP) is -0.361. The van der Waals surface area contributed by atoms with Gasteiger partial charge < -0.3 is 30.4 Å². The highest BCUT2D eigenvalue weighted by atomic mass is 16.4. The molecule has 2 aliphatic rings. The van der Waals surface area contributed by atoms with Gasteiger partial charge in [0.15, 0.2) is 12.2 Å². The number of fused-ring (bicyclic) bond motifs is 3. The normalized spacial score (nSPS) is 26.3. The molecule has 144 valence electrons. The number of carbonyl (C=O) groups is 2. The summed E-state index contributed by atoms with van der Waals surface area (Å²) < 4.78 is 0. The van der Waals surface area contributed by atoms with Crippen LogP contribution in [0.15, 0.2) is 18.2 Å². The highest BCUT2D eigenvalue weighted by Gasteiger charge is 2.52. The molecule has 5 N–H and O–H groups in total. The van der Waals surface area contributed by atoms with Gasteiger partial charge >= 0.3 is 11.9 Å². The van der Waals surface area contributed by atoms with E-state index >= 15 is 0 Å². The smallest absolute Gasteiger partial charge is 0.335 e. The highest BCUT2D eigenvalue weighted by Crippen LogP contribution is 2.51. The van der Waals surface area contributed by atoms with Gasteiger partial charge in [0.05, 0.1) is 6.17 Å². The molecule has 1 saturated heterocycles. The van der Waals surface area contributed by atoms with E-state index in [0.717, 1.165) is 13.0 Å². The van der Waals surface area contributed by atoms with E-state index in [9.17, 15) is 14.7 Å². The molecule has 0 bridgehead atoms. The van der Waals surface area contributed by atoms with Crippen molar-refractivity contribution in [2.24, 2.45) is 0 Å². The van der Waals surface area contributed by atoms with E-state index in [2.05, 4.69) is 30.8 Å². The first-order valence-corrected chi connectivity index (χ1v) is 8.09. The van der Waals surface area contributed by atoms with Crippen molar-refractivity contribution in [2.75, 3.05) is 25.5 Å². The summed E-state index contributed by atoms with van der Waals surface area (Å²) in [6.45, 7) is 3.43. The Balaban J connectivity index is 0.000000213. The maximum absolute atomic E-state index is 9.77. The van der Waals surface area contributed by atoms with E-state index < -0.39 is 24.1 Å². The summed E-state index contributed by atoms with van der Waals surface area (Å²) in [5, 5.41) is 42.2. The van der Waals surface area contributed by atoms with Gasteiger partial charge in [0.25, 0.3) is 0 Å². The van der Waals surface area contributed by atoms with Gasteiger partial charge in [-0.05, 0) is 37.2 Å². The summed E-state index contributed by atoms with van der Waals surface area (Å²) in [6.07, 6.45) is -2.94. The number of hydrogen-bond acceptors (Lipinski definition) is 7. The van der Waals surface area contributed by atoms with Crippen LogP contribution in [-0.4, -0.2) is 81.4 Å². The fourth-order valence-electron chi connectivity index (χ4n) is 3.83. The zero-order chi connectivity index (χ0) is 19.8. The fourth-order valence-corrected chi connectivity index (χ4v) is 3.83. The molecule has 0 radical (unpaired) electrons. The molecule has 26 heavy (non-hydrogen) atoms. The number of aliphatic hydroxyl groups is 2. The molecule has 0 aliphatic carbocycles. The Morgan fingerprint density at radius 1 is 1.15 bits per heavy atom. The van der Waals surface area contributed by atoms with Crippen molar-refractivity contribution in [2.45, 2.75) is 37.1 Å². The van der Waals surface area contributed by atoms with Crippen LogP contribution in [0.4, 0.5) is 5.69 Å². The maximum atomic E-state index is 9.77. The Morgan fingerprint density at radius 2 is 1.69 bits per heavy atom. The van der Waals surface area contributed by atoms with Crippen molar-refractivity contribution >= 4 is 17.6 Å². The summed E-state index contributed by atoms with van der Waals surface area (Å²) in [5.74, 6) is -3.16. The molecule has 3 rings (SSSR count). The fraction of sp³-hybridized carbons (Fsp3) is 0.529. The number of carboxylic acid groups (broad SMARTS) is 2. The van der Waals surface area contributed by atoms with Gasteiger partial charge in [-0.15, -0.1) is 0 Å². The average molecular weight is 368 g/mol. The lowest BCUT2D eigenvalue weighted by atomic mass is 9.81. The Kier molecular flexibility index (Phi) is 5.45. The molecule has 9 nitrogen and oxygen atoms in total. The SMILES string of the molecule is CN1CCC2(C)c3cc(O)ccc3N(C)C12.O=C(O)C(O)C(O)C(=O)O. The van der Waals surface area contributed by atoms with Crippen molar-refractivity contribution in [1.82, 2.24) is 4.90 Å². The molecule has 4 unspecified atom stereocenters. The highest BCUT2D eigenvalue weighted by molar-refractivity contribution is 5.83. The molecule has 0 amide bonds. The topological polar surface area (TPSA) is 142 Å². The summed E-state index contributed by atoms with van der Waals surface area (Å²) in [7, 11) is 4.33. The average Bonchev–Trinajstić information content (AvgIpc) is 2.99. The molecule has 4 atom stereocenters. The summed E-state index contributed by atoms with van der Waals surface area (Å²) in [6, 6.07) is 5.74. The standard InChI is InChI=1S/C13H18N2O.C4H6O6/c1-13-6-7-14(2)12(13)15(3)11-5-4-9(16)8-10(11)13;5-1(3(7)8)2(6)4(9)10/h4-5,8,12,16H,6-7H2,1-3H3;1-2,5-6H,(H,7,8)(H,9,10). The van der Waals surface area contributed by atoms with Gasteiger partial charge in [0.2, 0.25) is 0 Å². The number of anilines is 1. The van der Waals surface area contributed by atoms with Crippen molar-refractivity contribution in [3.05, 3.63) is 23.8 Å². The first-order chi connectivity index (χ1) is 12.0. The van der Waals surface area contributed by atoms with Crippen LogP contribution >= 0.6 is 0 Å². The van der Waals surface area contributed by atoms with E-state index in [0.29, 0.717) is 11.9 Å². The number of nitrogens with zero attached hydrogens (tertiary/aromatic N) is 2. The third-order valence-electron chi connectivity index (χ3n) is 5.12. The lowest BCUT2D eigenvalue weighted by Crippen LogP contribution is -2.45. The van der Waals surface area contributed by atoms with Crippen molar-refractivity contribution in [3.8, 4) is 5.75 Å². The molecule has 0 spiro atoms. The van der Waals surface area contributed by atoms with Crippen LogP contribution in [0.2, 0.25) is 0 Å². The molecule has 2 aliphatic heterocycles. The number of likely N-dealkylation sites (N-methyl/N-ethyl adjacent to an activating group) is 2. The van der Waals surface area contributed by atoms with Crippen LogP contribution in [-0.2, 0) is 15.0 Å². The third kappa shape index (κ3) is 3.33. The number of benzene rings is 1. The maximum Gasteiger partial charge on any atom is 0.335 e. The number of aliphatic hydroxyl groups excluding tert-OH is 2. The number of hydrogen-bond donors (Lipinski definition) is 5. The molecular weight excluding hydrogens is 344 g/mol. The second kappa shape index (κ2) is 7.10. The molecule has 0 saturated carbocycles. The summed E-state index contributed by atoms with van der Waals surface area (Å²) in [4.78, 5) is 24.3. The van der Waals surface area contributed by atoms with Crippen molar-refractivity contribution in [1.29, 1.82) is 0 Å². The number of likely N-dealkylation sites (tertiary alicyclic amines) is 1. The number of rotatable bonds is 3. The van der Waals surface area contributed by atoms with Crippen LogP contribution < -0.4 is 4.90 Å². The molecular formula is C17H24N2O7. The van der Waals surface area contributed by atoms with Crippen molar-refractivity contribution in [3.63, 3.8) is 0 Å². The minimum absolute atomic E-state index is 0.164. The second-order valence-corrected chi connectivity index (χ2v) is 6.90. The Hall–Kier alpha value is -2.36. The zero-order valence-electron chi connectivity index (χ0n) is 14.8. The molecule has 1 fully saturated rings. The molecule has 1 aromatic rings. The van der Waals surface area contributed by atoms with Crippen molar-refractivity contribution < 1.29 is 35.1 Å². The monoisotopic (exact) mass is 368 g/mol. The number of aromatic hydroxyl groups is 1. The van der Waals surface area contributed by atoms with Gasteiger partial charge in [-0.2, -0.15) is 0 Å². The minimum Gasteiger partial charge on any atom is -0.508 e. The quantitative estimate of drug-likeness (QED) is 0.483. The Morgan fingerprint density at radius 3 is 2.19 bits per heavy atom. The van der Waals surface area contributed by atoms with Crippen LogP contribution in [0.1, 0.15) is 18.9 Å². The first-order valence-electron chi connectivity index (χ1n) is 8.09. The van der Waals surface area contributed by atoms with Gasteiger partial charge in [0, 0.05) is 24.7 Å². The second-order valence-electron chi connectivity index (χ2n) is 6.90. The molecule has 2 heterocycles. The van der Waals surface area contributed by atoms with Crippen LogP contribution in [0.25, 0.3) is 0 Å². The van der Waals surface area contributed by atoms with Gasteiger partial charge in [-0.25, -0.2) is 9.59 Å². The third-order valence-corrected chi connectivity index (χ3v) is 5.12. The van der Waals surface area contributed by atoms with Crippen LogP contribution in [0, 0.1) is 0 Å². The zero-order valence-corrected chi connectivity index (χ0v) is 14.8. The number of phenolic OH excluding ortho intramolecular Hbond substituents is 1. The van der Waals surface area contributed by atoms with Crippen LogP contribution in [0.3, 0.4) is 0 Å². The summed E-state index contributed by atoms with van der Waals surface area (Å²) >= 11 is 0. The molecule has 9 heteroatoms.